The molecule has 2 nitrogen and oxygen atoms in total. The van der Waals surface area contributed by atoms with Gasteiger partial charge in [0.25, 0.3) is 0 Å². The normalized spacial score (nSPS) is 34.7. The average Bonchev–Trinajstić information content (AvgIpc) is 2.85. The predicted molar refractivity (Wildman–Crippen MR) is 73.2 cm³/mol. The Hall–Kier alpha value is 0.270. The van der Waals surface area contributed by atoms with Gasteiger partial charge in [0, 0.05) is 29.9 Å². The molecule has 0 aromatic rings. The predicted octanol–water partition coefficient (Wildman–Crippen LogP) is 2.34. The van der Waals surface area contributed by atoms with Gasteiger partial charge < -0.3 is 10.2 Å². The first-order valence-corrected chi connectivity index (χ1v) is 7.86. The maximum Gasteiger partial charge on any atom is 0.0281 e. The van der Waals surface area contributed by atoms with E-state index in [1.54, 1.807) is 0 Å². The first-order valence-electron chi connectivity index (χ1n) is 6.64. The van der Waals surface area contributed by atoms with E-state index >= 15 is 0 Å². The van der Waals surface area contributed by atoms with Crippen LogP contribution in [0.3, 0.4) is 0 Å². The fourth-order valence-electron chi connectivity index (χ4n) is 3.14. The van der Waals surface area contributed by atoms with E-state index in [1.807, 2.05) is 0 Å². The van der Waals surface area contributed by atoms with Crippen LogP contribution in [-0.4, -0.2) is 48.1 Å². The van der Waals surface area contributed by atoms with Gasteiger partial charge in [-0.3, -0.25) is 0 Å². The molecule has 0 amide bonds. The highest BCUT2D eigenvalue weighted by atomic mass is 32.2. The van der Waals surface area contributed by atoms with Crippen molar-refractivity contribution in [3.8, 4) is 0 Å². The van der Waals surface area contributed by atoms with Crippen molar-refractivity contribution in [1.29, 1.82) is 0 Å². The lowest BCUT2D eigenvalue weighted by Gasteiger charge is -2.28. The van der Waals surface area contributed by atoms with Gasteiger partial charge >= 0.3 is 0 Å². The van der Waals surface area contributed by atoms with Crippen molar-refractivity contribution in [2.45, 2.75) is 55.9 Å². The second-order valence-corrected chi connectivity index (χ2v) is 6.97. The van der Waals surface area contributed by atoms with E-state index < -0.39 is 0 Å². The zero-order chi connectivity index (χ0) is 11.6. The van der Waals surface area contributed by atoms with Crippen LogP contribution in [0.4, 0.5) is 0 Å². The Kier molecular flexibility index (Phi) is 4.20. The standard InChI is InChI=1S/C13H26N2S/c1-11-8-12(9-15(11)2)14-10-13(16-3)6-4-5-7-13/h11-12,14H,4-10H2,1-3H3. The molecule has 3 heteroatoms. The number of rotatable bonds is 4. The molecule has 1 saturated heterocycles. The summed E-state index contributed by atoms with van der Waals surface area (Å²) in [5.41, 5.74) is 0. The minimum Gasteiger partial charge on any atom is -0.311 e. The second kappa shape index (κ2) is 5.28. The molecule has 0 aromatic carbocycles. The van der Waals surface area contributed by atoms with Crippen molar-refractivity contribution in [2.75, 3.05) is 26.4 Å². The Balaban J connectivity index is 1.78. The van der Waals surface area contributed by atoms with Crippen molar-refractivity contribution in [2.24, 2.45) is 0 Å². The van der Waals surface area contributed by atoms with Crippen LogP contribution >= 0.6 is 11.8 Å². The maximum absolute atomic E-state index is 3.81. The number of nitrogens with zero attached hydrogens (tertiary/aromatic N) is 1. The first-order chi connectivity index (χ1) is 7.65. The fourth-order valence-corrected chi connectivity index (χ4v) is 4.07. The van der Waals surface area contributed by atoms with E-state index in [4.69, 9.17) is 0 Å². The van der Waals surface area contributed by atoms with Crippen molar-refractivity contribution >= 4 is 11.8 Å². The summed E-state index contributed by atoms with van der Waals surface area (Å²) in [5, 5.41) is 3.81. The van der Waals surface area contributed by atoms with E-state index in [9.17, 15) is 0 Å². The summed E-state index contributed by atoms with van der Waals surface area (Å²) in [7, 11) is 2.24. The molecule has 1 aliphatic carbocycles. The van der Waals surface area contributed by atoms with E-state index in [-0.39, 0.29) is 0 Å². The van der Waals surface area contributed by atoms with E-state index in [1.165, 1.54) is 45.2 Å². The van der Waals surface area contributed by atoms with Gasteiger partial charge in [0.15, 0.2) is 0 Å². The van der Waals surface area contributed by atoms with Crippen LogP contribution in [0.5, 0.6) is 0 Å². The molecule has 2 atom stereocenters. The molecule has 2 fully saturated rings. The second-order valence-electron chi connectivity index (χ2n) is 5.70. The smallest absolute Gasteiger partial charge is 0.0281 e. The average molecular weight is 242 g/mol. The highest BCUT2D eigenvalue weighted by Crippen LogP contribution is 2.39. The van der Waals surface area contributed by atoms with Crippen LogP contribution in [-0.2, 0) is 0 Å². The SMILES string of the molecule is CSC1(CNC2CC(C)N(C)C2)CCCC1. The van der Waals surface area contributed by atoms with Crippen molar-refractivity contribution < 1.29 is 0 Å². The van der Waals surface area contributed by atoms with Crippen LogP contribution in [0.15, 0.2) is 0 Å². The highest BCUT2D eigenvalue weighted by Gasteiger charge is 2.34. The Morgan fingerprint density at radius 1 is 1.38 bits per heavy atom. The summed E-state index contributed by atoms with van der Waals surface area (Å²) in [6.07, 6.45) is 9.31. The van der Waals surface area contributed by atoms with Crippen molar-refractivity contribution in [3.05, 3.63) is 0 Å². The number of hydrogen-bond donors (Lipinski definition) is 1. The van der Waals surface area contributed by atoms with Crippen LogP contribution in [0.1, 0.15) is 39.0 Å². The monoisotopic (exact) mass is 242 g/mol. The summed E-state index contributed by atoms with van der Waals surface area (Å²) in [5.74, 6) is 0. The molecule has 1 aliphatic heterocycles. The minimum atomic E-state index is 0.560. The lowest BCUT2D eigenvalue weighted by atomic mass is 10.1. The molecule has 1 N–H and O–H groups in total. The fraction of sp³-hybridized carbons (Fsp3) is 1.00. The van der Waals surface area contributed by atoms with E-state index in [0.29, 0.717) is 4.75 Å². The van der Waals surface area contributed by atoms with Crippen LogP contribution in [0, 0.1) is 0 Å². The maximum atomic E-state index is 3.81. The molecule has 16 heavy (non-hydrogen) atoms. The van der Waals surface area contributed by atoms with Gasteiger partial charge in [-0.1, -0.05) is 12.8 Å². The Morgan fingerprint density at radius 2 is 2.06 bits per heavy atom. The molecule has 1 heterocycles. The number of thioether (sulfide) groups is 1. The molecule has 94 valence electrons. The Labute approximate surface area is 105 Å². The number of likely N-dealkylation sites (N-methyl/N-ethyl adjacent to an activating group) is 1. The summed E-state index contributed by atoms with van der Waals surface area (Å²) >= 11 is 2.09. The molecule has 2 aliphatic rings. The topological polar surface area (TPSA) is 15.3 Å². The van der Waals surface area contributed by atoms with Crippen LogP contribution in [0.2, 0.25) is 0 Å². The minimum absolute atomic E-state index is 0.560. The van der Waals surface area contributed by atoms with Crippen molar-refractivity contribution in [1.82, 2.24) is 10.2 Å². The number of nitrogens with one attached hydrogen (secondary N) is 1. The number of hydrogen-bond acceptors (Lipinski definition) is 3. The van der Waals surface area contributed by atoms with Gasteiger partial charge in [-0.05, 0) is 39.5 Å². The van der Waals surface area contributed by atoms with Gasteiger partial charge in [-0.15, -0.1) is 0 Å². The number of likely N-dealkylation sites (tertiary alicyclic amines) is 1. The first kappa shape index (κ1) is 12.7. The third kappa shape index (κ3) is 2.74. The molecule has 0 radical (unpaired) electrons. The zero-order valence-corrected chi connectivity index (χ0v) is 11.8. The summed E-state index contributed by atoms with van der Waals surface area (Å²) in [6, 6.07) is 1.48. The zero-order valence-electron chi connectivity index (χ0n) is 11.0. The van der Waals surface area contributed by atoms with Crippen molar-refractivity contribution in [3.63, 3.8) is 0 Å². The van der Waals surface area contributed by atoms with E-state index in [0.717, 1.165) is 12.1 Å². The van der Waals surface area contributed by atoms with E-state index in [2.05, 4.69) is 42.2 Å². The molecule has 1 saturated carbocycles. The lowest BCUT2D eigenvalue weighted by Crippen LogP contribution is -2.41. The molecular formula is C13H26N2S. The lowest BCUT2D eigenvalue weighted by molar-refractivity contribution is 0.326. The Bertz CT molecular complexity index is 216. The molecule has 0 aromatic heterocycles. The molecule has 0 spiro atoms. The summed E-state index contributed by atoms with van der Waals surface area (Å²) < 4.78 is 0.560. The Morgan fingerprint density at radius 3 is 2.56 bits per heavy atom. The van der Waals surface area contributed by atoms with Gasteiger partial charge in [0.1, 0.15) is 0 Å². The largest absolute Gasteiger partial charge is 0.311 e. The van der Waals surface area contributed by atoms with Gasteiger partial charge in [0.05, 0.1) is 0 Å². The summed E-state index contributed by atoms with van der Waals surface area (Å²) in [4.78, 5) is 2.47. The molecular weight excluding hydrogens is 216 g/mol. The highest BCUT2D eigenvalue weighted by molar-refractivity contribution is 8.00. The quantitative estimate of drug-likeness (QED) is 0.814. The molecule has 0 bridgehead atoms. The third-order valence-electron chi connectivity index (χ3n) is 4.55. The van der Waals surface area contributed by atoms with Gasteiger partial charge in [0.2, 0.25) is 0 Å². The summed E-state index contributed by atoms with van der Waals surface area (Å²) in [6.45, 7) is 4.78. The van der Waals surface area contributed by atoms with Gasteiger partial charge in [-0.25, -0.2) is 0 Å². The van der Waals surface area contributed by atoms with Crippen LogP contribution in [0.25, 0.3) is 0 Å². The van der Waals surface area contributed by atoms with Gasteiger partial charge in [-0.2, -0.15) is 11.8 Å². The van der Waals surface area contributed by atoms with Crippen LogP contribution < -0.4 is 5.32 Å². The molecule has 2 unspecified atom stereocenters. The third-order valence-corrected chi connectivity index (χ3v) is 5.97. The molecule has 2 rings (SSSR count).